The second-order valence-electron chi connectivity index (χ2n) is 11.0. The maximum atomic E-state index is 13.9. The zero-order valence-corrected chi connectivity index (χ0v) is 28.6. The Morgan fingerprint density at radius 2 is 1.71 bits per heavy atom. The summed E-state index contributed by atoms with van der Waals surface area (Å²) in [5.41, 5.74) is 1.10. The maximum Gasteiger partial charge on any atom is 0.333 e. The molecule has 2 N–H and O–H groups in total. The first-order valence-electron chi connectivity index (χ1n) is 15.8. The molecule has 1 aliphatic heterocycles. The van der Waals surface area contributed by atoms with E-state index in [1.165, 1.54) is 11.3 Å². The molecule has 1 aromatic heterocycles. The number of carbonyl (C=O) groups is 3. The van der Waals surface area contributed by atoms with E-state index in [0.717, 1.165) is 37.9 Å². The van der Waals surface area contributed by atoms with Crippen LogP contribution in [0.1, 0.15) is 63.4 Å². The number of rotatable bonds is 19. The van der Waals surface area contributed by atoms with E-state index in [1.807, 2.05) is 42.3 Å². The van der Waals surface area contributed by atoms with Crippen LogP contribution in [-0.4, -0.2) is 109 Å². The SMILES string of the molecule is CCCCN(C)c1sc(-c2ccccc2)nc1C(=O)N[C@@H](CP(=O)(OCC)OCC)C(=O)N1CCN(CCCCC(=O)O)CC1. The lowest BCUT2D eigenvalue weighted by Gasteiger charge is -2.37. The largest absolute Gasteiger partial charge is 0.481 e. The fraction of sp³-hybridized carbons (Fsp3) is 0.613. The number of carbonyl (C=O) groups excluding carboxylic acids is 2. The number of nitrogens with zero attached hydrogens (tertiary/aromatic N) is 4. The van der Waals surface area contributed by atoms with Crippen LogP contribution in [0.4, 0.5) is 5.00 Å². The quantitative estimate of drug-likeness (QED) is 0.159. The average molecular weight is 666 g/mol. The molecule has 1 fully saturated rings. The number of piperazine rings is 1. The van der Waals surface area contributed by atoms with E-state index >= 15 is 0 Å². The van der Waals surface area contributed by atoms with Gasteiger partial charge in [0.2, 0.25) is 5.91 Å². The Hall–Kier alpha value is -2.83. The highest BCUT2D eigenvalue weighted by Crippen LogP contribution is 2.48. The molecule has 1 aliphatic rings. The molecular formula is C31H48N5O7PS. The van der Waals surface area contributed by atoms with Gasteiger partial charge in [-0.05, 0) is 39.7 Å². The van der Waals surface area contributed by atoms with Gasteiger partial charge in [-0.25, -0.2) is 4.98 Å². The van der Waals surface area contributed by atoms with Crippen LogP contribution in [0.15, 0.2) is 30.3 Å². The standard InChI is InChI=1S/C31H48N5O7PS/c1-5-8-17-34(4)31-27(33-29(45-31)24-14-10-9-11-15-24)28(39)32-25(23-44(41,42-6-2)43-7-3)30(40)36-21-19-35(20-22-36)18-13-12-16-26(37)38/h9-11,14-15,25H,5-8,12-13,16-23H2,1-4H3,(H,32,39)(H,37,38)/t25-/m0/s1. The highest BCUT2D eigenvalue weighted by Gasteiger charge is 2.37. The predicted octanol–water partition coefficient (Wildman–Crippen LogP) is 4.81. The minimum absolute atomic E-state index is 0.131. The molecule has 0 bridgehead atoms. The monoisotopic (exact) mass is 665 g/mol. The van der Waals surface area contributed by atoms with Crippen LogP contribution in [-0.2, 0) is 23.2 Å². The third kappa shape index (κ3) is 11.2. The van der Waals surface area contributed by atoms with Crippen molar-refractivity contribution >= 4 is 41.7 Å². The van der Waals surface area contributed by atoms with E-state index < -0.39 is 25.5 Å². The summed E-state index contributed by atoms with van der Waals surface area (Å²) in [5.74, 6) is -1.68. The number of carboxylic acid groups (broad SMARTS) is 1. The van der Waals surface area contributed by atoms with Crippen molar-refractivity contribution < 1.29 is 33.1 Å². The smallest absolute Gasteiger partial charge is 0.333 e. The van der Waals surface area contributed by atoms with Crippen LogP contribution in [0.3, 0.4) is 0 Å². The number of hydrogen-bond acceptors (Lipinski definition) is 10. The summed E-state index contributed by atoms with van der Waals surface area (Å²) in [4.78, 5) is 49.3. The lowest BCUT2D eigenvalue weighted by molar-refractivity contribution is -0.137. The molecule has 2 amide bonds. The number of nitrogens with one attached hydrogen (secondary N) is 1. The van der Waals surface area contributed by atoms with Crippen molar-refractivity contribution in [1.29, 1.82) is 0 Å². The van der Waals surface area contributed by atoms with Crippen molar-refractivity contribution in [3.63, 3.8) is 0 Å². The third-order valence-corrected chi connectivity index (χ3v) is 10.8. The average Bonchev–Trinajstić information content (AvgIpc) is 3.48. The first-order valence-corrected chi connectivity index (χ1v) is 18.3. The van der Waals surface area contributed by atoms with E-state index in [-0.39, 0.29) is 37.4 Å². The van der Waals surface area contributed by atoms with Crippen LogP contribution in [0.5, 0.6) is 0 Å². The summed E-state index contributed by atoms with van der Waals surface area (Å²) in [6.07, 6.45) is 3.14. The number of unbranched alkanes of at least 4 members (excludes halogenated alkanes) is 2. The second-order valence-corrected chi connectivity index (χ2v) is 14.1. The summed E-state index contributed by atoms with van der Waals surface area (Å²) >= 11 is 1.42. The van der Waals surface area contributed by atoms with E-state index in [0.29, 0.717) is 42.6 Å². The van der Waals surface area contributed by atoms with E-state index in [2.05, 4.69) is 17.1 Å². The molecular weight excluding hydrogens is 617 g/mol. The topological polar surface area (TPSA) is 142 Å². The van der Waals surface area contributed by atoms with Crippen LogP contribution >= 0.6 is 18.9 Å². The Morgan fingerprint density at radius 3 is 2.31 bits per heavy atom. The number of amides is 2. The molecule has 45 heavy (non-hydrogen) atoms. The molecule has 3 rings (SSSR count). The van der Waals surface area contributed by atoms with Crippen molar-refractivity contribution in [2.24, 2.45) is 0 Å². The van der Waals surface area contributed by atoms with Gasteiger partial charge in [-0.15, -0.1) is 0 Å². The molecule has 0 aliphatic carbocycles. The van der Waals surface area contributed by atoms with E-state index in [1.54, 1.807) is 18.7 Å². The van der Waals surface area contributed by atoms with Gasteiger partial charge in [-0.1, -0.05) is 55.0 Å². The normalized spacial score (nSPS) is 14.7. The van der Waals surface area contributed by atoms with Crippen LogP contribution in [0.25, 0.3) is 10.6 Å². The van der Waals surface area contributed by atoms with Crippen molar-refractivity contribution in [3.8, 4) is 10.6 Å². The lowest BCUT2D eigenvalue weighted by Crippen LogP contribution is -2.56. The number of thiazole rings is 1. The van der Waals surface area contributed by atoms with Gasteiger partial charge in [-0.2, -0.15) is 0 Å². The fourth-order valence-corrected chi connectivity index (χ4v) is 7.94. The number of aromatic nitrogens is 1. The van der Waals surface area contributed by atoms with Crippen molar-refractivity contribution in [2.75, 3.05) is 70.6 Å². The maximum absolute atomic E-state index is 13.9. The molecule has 1 aromatic carbocycles. The minimum atomic E-state index is -3.70. The molecule has 14 heteroatoms. The van der Waals surface area contributed by atoms with E-state index in [9.17, 15) is 18.9 Å². The summed E-state index contributed by atoms with van der Waals surface area (Å²) < 4.78 is 24.7. The molecule has 0 radical (unpaired) electrons. The number of benzene rings is 1. The number of hydrogen-bond donors (Lipinski definition) is 2. The van der Waals surface area contributed by atoms with Crippen molar-refractivity contribution in [1.82, 2.24) is 20.1 Å². The molecule has 2 heterocycles. The Labute approximate surface area is 270 Å². The second kappa shape index (κ2) is 18.3. The highest BCUT2D eigenvalue weighted by molar-refractivity contribution is 7.54. The summed E-state index contributed by atoms with van der Waals surface area (Å²) in [6.45, 7) is 9.35. The van der Waals surface area contributed by atoms with Crippen molar-refractivity contribution in [2.45, 2.75) is 58.9 Å². The van der Waals surface area contributed by atoms with Gasteiger partial charge >= 0.3 is 13.6 Å². The highest BCUT2D eigenvalue weighted by atomic mass is 32.1. The van der Waals surface area contributed by atoms with Gasteiger partial charge in [0.05, 0.1) is 19.4 Å². The molecule has 0 unspecified atom stereocenters. The molecule has 1 saturated heterocycles. The fourth-order valence-electron chi connectivity index (χ4n) is 5.12. The zero-order valence-electron chi connectivity index (χ0n) is 26.9. The molecule has 2 aromatic rings. The lowest BCUT2D eigenvalue weighted by atomic mass is 10.2. The Bertz CT molecular complexity index is 1280. The molecule has 0 spiro atoms. The molecule has 1 atom stereocenters. The van der Waals surface area contributed by atoms with Crippen LogP contribution < -0.4 is 10.2 Å². The predicted molar refractivity (Wildman–Crippen MR) is 177 cm³/mol. The first kappa shape index (κ1) is 36.6. The number of anilines is 1. The first-order chi connectivity index (χ1) is 21.6. The van der Waals surface area contributed by atoms with E-state index in [4.69, 9.17) is 19.1 Å². The number of aliphatic carboxylic acids is 1. The van der Waals surface area contributed by atoms with Gasteiger partial charge in [0.1, 0.15) is 16.1 Å². The Balaban J connectivity index is 1.83. The van der Waals surface area contributed by atoms with Gasteiger partial charge in [0.15, 0.2) is 5.69 Å². The minimum Gasteiger partial charge on any atom is -0.481 e. The molecule has 12 nitrogen and oxygen atoms in total. The van der Waals surface area contributed by atoms with Gasteiger partial charge < -0.3 is 29.3 Å². The Kier molecular flexibility index (Phi) is 14.9. The van der Waals surface area contributed by atoms with Gasteiger partial charge in [-0.3, -0.25) is 23.8 Å². The summed E-state index contributed by atoms with van der Waals surface area (Å²) in [7, 11) is -1.78. The van der Waals surface area contributed by atoms with Crippen LogP contribution in [0.2, 0.25) is 0 Å². The number of carboxylic acids is 1. The summed E-state index contributed by atoms with van der Waals surface area (Å²) in [6, 6.07) is 8.48. The van der Waals surface area contributed by atoms with Crippen LogP contribution in [0, 0.1) is 0 Å². The zero-order chi connectivity index (χ0) is 32.8. The van der Waals surface area contributed by atoms with Gasteiger partial charge in [0, 0.05) is 51.8 Å². The molecule has 0 saturated carbocycles. The Morgan fingerprint density at radius 1 is 1.04 bits per heavy atom. The third-order valence-electron chi connectivity index (χ3n) is 7.50. The summed E-state index contributed by atoms with van der Waals surface area (Å²) in [5, 5.41) is 13.1. The van der Waals surface area contributed by atoms with Crippen molar-refractivity contribution in [3.05, 3.63) is 36.0 Å². The molecule has 250 valence electrons. The van der Waals surface area contributed by atoms with Gasteiger partial charge in [0.25, 0.3) is 5.91 Å².